The van der Waals surface area contributed by atoms with E-state index in [9.17, 15) is 9.59 Å². The van der Waals surface area contributed by atoms with Crippen LogP contribution in [-0.2, 0) is 5.41 Å². The molecular weight excluding hydrogens is 486 g/mol. The van der Waals surface area contributed by atoms with Crippen LogP contribution in [0.25, 0.3) is 11.0 Å². The summed E-state index contributed by atoms with van der Waals surface area (Å²) in [4.78, 5) is 40.7. The van der Waals surface area contributed by atoms with Gasteiger partial charge in [0.05, 0.1) is 22.3 Å². The molecule has 0 unspecified atom stereocenters. The molecule has 4 heterocycles. The van der Waals surface area contributed by atoms with Crippen molar-refractivity contribution in [1.82, 2.24) is 30.0 Å². The van der Waals surface area contributed by atoms with Gasteiger partial charge in [0.25, 0.3) is 11.8 Å². The minimum Gasteiger partial charge on any atom is -0.342 e. The second-order valence-electron chi connectivity index (χ2n) is 10.6. The number of imidazole rings is 1. The molecule has 0 saturated carbocycles. The lowest BCUT2D eigenvalue weighted by Gasteiger charge is -2.32. The van der Waals surface area contributed by atoms with Crippen molar-refractivity contribution in [1.29, 1.82) is 0 Å². The predicted molar refractivity (Wildman–Crippen MR) is 144 cm³/mol. The fourth-order valence-corrected chi connectivity index (χ4v) is 5.43. The number of likely N-dealkylation sites (tertiary alicyclic amines) is 1. The Balaban J connectivity index is 1.29. The predicted octanol–water partition coefficient (Wildman–Crippen LogP) is 5.00. The molecule has 0 bridgehead atoms. The molecule has 2 N–H and O–H groups in total. The molecule has 1 aliphatic rings. The fourth-order valence-electron chi connectivity index (χ4n) is 4.63. The van der Waals surface area contributed by atoms with Crippen molar-refractivity contribution in [2.24, 2.45) is 0 Å². The molecule has 37 heavy (non-hydrogen) atoms. The number of rotatable bonds is 4. The fraction of sp³-hybridized carbons (Fsp3) is 0.407. The number of aromatic amines is 1. The maximum absolute atomic E-state index is 13.2. The van der Waals surface area contributed by atoms with E-state index in [-0.39, 0.29) is 23.1 Å². The van der Waals surface area contributed by atoms with E-state index < -0.39 is 0 Å². The van der Waals surface area contributed by atoms with E-state index in [0.717, 1.165) is 46.1 Å². The van der Waals surface area contributed by atoms with Gasteiger partial charge in [-0.2, -0.15) is 0 Å². The quantitative estimate of drug-likeness (QED) is 0.394. The monoisotopic (exact) mass is 517 g/mol. The Morgan fingerprint density at radius 2 is 1.81 bits per heavy atom. The number of nitrogens with zero attached hydrogens (tertiary/aromatic N) is 5. The molecule has 0 aliphatic carbocycles. The molecule has 4 aromatic rings. The van der Waals surface area contributed by atoms with Crippen LogP contribution in [0.15, 0.2) is 30.3 Å². The van der Waals surface area contributed by atoms with Gasteiger partial charge >= 0.3 is 0 Å². The number of aryl methyl sites for hydroxylation is 2. The zero-order valence-corrected chi connectivity index (χ0v) is 22.6. The van der Waals surface area contributed by atoms with Crippen LogP contribution >= 0.6 is 11.3 Å². The summed E-state index contributed by atoms with van der Waals surface area (Å²) in [6, 6.07) is 9.26. The Hall–Kier alpha value is -3.66. The van der Waals surface area contributed by atoms with Crippen molar-refractivity contribution in [3.05, 3.63) is 63.7 Å². The Kier molecular flexibility index (Phi) is 6.53. The molecule has 1 fully saturated rings. The Bertz CT molecular complexity index is 1480. The van der Waals surface area contributed by atoms with E-state index in [1.165, 1.54) is 11.3 Å². The maximum atomic E-state index is 13.2. The van der Waals surface area contributed by atoms with Crippen LogP contribution in [0.5, 0.6) is 0 Å². The number of H-pyrrole nitrogens is 1. The molecule has 10 heteroatoms. The van der Waals surface area contributed by atoms with Crippen LogP contribution in [-0.4, -0.2) is 55.0 Å². The summed E-state index contributed by atoms with van der Waals surface area (Å²) in [6.45, 7) is 11.2. The molecule has 1 saturated heterocycles. The number of nitrogens with one attached hydrogen (secondary N) is 2. The van der Waals surface area contributed by atoms with Crippen LogP contribution < -0.4 is 5.32 Å². The van der Waals surface area contributed by atoms with Gasteiger partial charge in [0.15, 0.2) is 0 Å². The van der Waals surface area contributed by atoms with Gasteiger partial charge in [-0.25, -0.2) is 4.98 Å². The summed E-state index contributed by atoms with van der Waals surface area (Å²) >= 11 is 1.39. The first-order valence-corrected chi connectivity index (χ1v) is 13.3. The third-order valence-corrected chi connectivity index (χ3v) is 7.88. The molecule has 9 nitrogen and oxygen atoms in total. The first kappa shape index (κ1) is 25.0. The normalized spacial score (nSPS) is 14.8. The zero-order valence-electron chi connectivity index (χ0n) is 21.8. The van der Waals surface area contributed by atoms with Crippen molar-refractivity contribution in [2.75, 3.05) is 18.4 Å². The lowest BCUT2D eigenvalue weighted by atomic mass is 9.89. The number of hydrogen-bond donors (Lipinski definition) is 2. The topological polar surface area (TPSA) is 117 Å². The van der Waals surface area contributed by atoms with E-state index in [0.29, 0.717) is 29.3 Å². The highest BCUT2D eigenvalue weighted by atomic mass is 32.1. The van der Waals surface area contributed by atoms with Gasteiger partial charge in [-0.1, -0.05) is 32.1 Å². The number of fused-ring (bicyclic) bond motifs is 1. The van der Waals surface area contributed by atoms with Gasteiger partial charge < -0.3 is 9.88 Å². The Morgan fingerprint density at radius 3 is 2.51 bits per heavy atom. The molecule has 3 aromatic heterocycles. The third-order valence-electron chi connectivity index (χ3n) is 6.61. The van der Waals surface area contributed by atoms with E-state index >= 15 is 0 Å². The number of benzene rings is 1. The molecule has 0 atom stereocenters. The van der Waals surface area contributed by atoms with Crippen LogP contribution in [0.2, 0.25) is 0 Å². The van der Waals surface area contributed by atoms with Gasteiger partial charge in [-0.05, 0) is 57.0 Å². The molecule has 1 aliphatic heterocycles. The average molecular weight is 518 g/mol. The number of piperidine rings is 1. The standard InChI is InChI=1S/C27H31N7O2S/c1-15-6-8-19(23(35)31-26-33-32-25(37-26)27(3,4)5)22(28-15)17-10-12-34(13-11-17)24(36)18-7-9-20-21(14-18)30-16(2)29-20/h6-9,14,17H,10-13H2,1-5H3,(H,29,30)(H,31,33,35). The number of amides is 2. The summed E-state index contributed by atoms with van der Waals surface area (Å²) < 4.78 is 0. The second kappa shape index (κ2) is 9.66. The third kappa shape index (κ3) is 5.24. The molecule has 0 spiro atoms. The van der Waals surface area contributed by atoms with Gasteiger partial charge in [0.2, 0.25) is 5.13 Å². The zero-order chi connectivity index (χ0) is 26.3. The maximum Gasteiger partial charge on any atom is 0.259 e. The van der Waals surface area contributed by atoms with Gasteiger partial charge in [-0.15, -0.1) is 10.2 Å². The number of carbonyl (C=O) groups excluding carboxylic acids is 2. The highest BCUT2D eigenvalue weighted by Gasteiger charge is 2.29. The number of carbonyl (C=O) groups is 2. The van der Waals surface area contributed by atoms with Crippen LogP contribution in [0.1, 0.15) is 82.5 Å². The molecule has 192 valence electrons. The van der Waals surface area contributed by atoms with Crippen LogP contribution in [0.4, 0.5) is 5.13 Å². The molecular formula is C27H31N7O2S. The largest absolute Gasteiger partial charge is 0.342 e. The highest BCUT2D eigenvalue weighted by Crippen LogP contribution is 2.32. The number of pyridine rings is 1. The van der Waals surface area contributed by atoms with Crippen LogP contribution in [0, 0.1) is 13.8 Å². The lowest BCUT2D eigenvalue weighted by molar-refractivity contribution is 0.0711. The average Bonchev–Trinajstić information content (AvgIpc) is 3.48. The van der Waals surface area contributed by atoms with Gasteiger partial charge in [0.1, 0.15) is 10.8 Å². The number of anilines is 1. The summed E-state index contributed by atoms with van der Waals surface area (Å²) in [5.41, 5.74) is 4.41. The van der Waals surface area contributed by atoms with E-state index in [4.69, 9.17) is 4.98 Å². The molecule has 0 radical (unpaired) electrons. The van der Waals surface area contributed by atoms with E-state index in [1.54, 1.807) is 0 Å². The van der Waals surface area contributed by atoms with Crippen molar-refractivity contribution in [3.63, 3.8) is 0 Å². The summed E-state index contributed by atoms with van der Waals surface area (Å²) in [5, 5.41) is 12.6. The van der Waals surface area contributed by atoms with Gasteiger partial charge in [-0.3, -0.25) is 19.9 Å². The smallest absolute Gasteiger partial charge is 0.259 e. The van der Waals surface area contributed by atoms with E-state index in [1.807, 2.05) is 49.1 Å². The Labute approximate surface area is 219 Å². The minimum absolute atomic E-state index is 0.00805. The van der Waals surface area contributed by atoms with Crippen molar-refractivity contribution < 1.29 is 9.59 Å². The summed E-state index contributed by atoms with van der Waals surface area (Å²) in [7, 11) is 0. The summed E-state index contributed by atoms with van der Waals surface area (Å²) in [6.07, 6.45) is 1.47. The Morgan fingerprint density at radius 1 is 1.05 bits per heavy atom. The van der Waals surface area contributed by atoms with Crippen molar-refractivity contribution in [3.8, 4) is 0 Å². The number of aromatic nitrogens is 5. The summed E-state index contributed by atoms with van der Waals surface area (Å²) in [5.74, 6) is 0.683. The van der Waals surface area contributed by atoms with Crippen molar-refractivity contribution in [2.45, 2.75) is 58.8 Å². The molecule has 2 amide bonds. The van der Waals surface area contributed by atoms with E-state index in [2.05, 4.69) is 46.3 Å². The first-order chi connectivity index (χ1) is 17.6. The van der Waals surface area contributed by atoms with Crippen molar-refractivity contribution >= 4 is 39.3 Å². The van der Waals surface area contributed by atoms with Gasteiger partial charge in [0, 0.05) is 35.7 Å². The lowest BCUT2D eigenvalue weighted by Crippen LogP contribution is -2.38. The number of hydrogen-bond acceptors (Lipinski definition) is 7. The SMILES string of the molecule is Cc1ccc(C(=O)Nc2nnc(C(C)(C)C)s2)c(C2CCN(C(=O)c3ccc4nc(C)[nH]c4c3)CC2)n1. The molecule has 5 rings (SSSR count). The first-order valence-electron chi connectivity index (χ1n) is 12.5. The minimum atomic E-state index is -0.235. The second-order valence-corrected chi connectivity index (χ2v) is 11.6. The molecule has 1 aromatic carbocycles. The van der Waals surface area contributed by atoms with Crippen LogP contribution in [0.3, 0.4) is 0 Å². The highest BCUT2D eigenvalue weighted by molar-refractivity contribution is 7.15.